The van der Waals surface area contributed by atoms with E-state index in [0.29, 0.717) is 6.04 Å². The molecule has 1 fully saturated rings. The third-order valence-electron chi connectivity index (χ3n) is 2.67. The van der Waals surface area contributed by atoms with E-state index in [0.717, 1.165) is 18.9 Å². The normalized spacial score (nSPS) is 19.7. The van der Waals surface area contributed by atoms with Gasteiger partial charge in [0, 0.05) is 19.0 Å². The zero-order valence-corrected chi connectivity index (χ0v) is 7.97. The van der Waals surface area contributed by atoms with Crippen LogP contribution >= 0.6 is 0 Å². The van der Waals surface area contributed by atoms with Gasteiger partial charge in [-0.2, -0.15) is 0 Å². The SMILES string of the molecule is C#CCCNC(C)CC1CCC1. The second-order valence-electron chi connectivity index (χ2n) is 3.84. The summed E-state index contributed by atoms with van der Waals surface area (Å²) >= 11 is 0. The molecule has 0 saturated heterocycles. The Morgan fingerprint density at radius 1 is 1.58 bits per heavy atom. The molecule has 0 aromatic rings. The first-order valence-corrected chi connectivity index (χ1v) is 4.99. The number of hydrogen-bond donors (Lipinski definition) is 1. The van der Waals surface area contributed by atoms with Gasteiger partial charge in [-0.15, -0.1) is 12.3 Å². The summed E-state index contributed by atoms with van der Waals surface area (Å²) in [5, 5.41) is 3.44. The molecular formula is C11H19N. The zero-order chi connectivity index (χ0) is 8.81. The van der Waals surface area contributed by atoms with Crippen LogP contribution in [0.4, 0.5) is 0 Å². The Bertz CT molecular complexity index is 153. The number of terminal acetylenes is 1. The van der Waals surface area contributed by atoms with Gasteiger partial charge in [0.15, 0.2) is 0 Å². The number of nitrogens with one attached hydrogen (secondary N) is 1. The van der Waals surface area contributed by atoms with E-state index < -0.39 is 0 Å². The predicted octanol–water partition coefficient (Wildman–Crippen LogP) is 2.18. The standard InChI is InChI=1S/C11H19N/c1-3-4-8-12-10(2)9-11-6-5-7-11/h1,10-12H,4-9H2,2H3. The van der Waals surface area contributed by atoms with Crippen LogP contribution in [0.15, 0.2) is 0 Å². The minimum atomic E-state index is 0.656. The van der Waals surface area contributed by atoms with E-state index in [9.17, 15) is 0 Å². The molecule has 12 heavy (non-hydrogen) atoms. The molecule has 1 unspecified atom stereocenters. The van der Waals surface area contributed by atoms with Crippen molar-refractivity contribution in [3.05, 3.63) is 0 Å². The molecule has 1 atom stereocenters. The van der Waals surface area contributed by atoms with Crippen molar-refractivity contribution in [2.75, 3.05) is 6.54 Å². The Morgan fingerprint density at radius 3 is 2.83 bits per heavy atom. The van der Waals surface area contributed by atoms with Crippen LogP contribution in [0.25, 0.3) is 0 Å². The van der Waals surface area contributed by atoms with Gasteiger partial charge in [-0.1, -0.05) is 19.3 Å². The minimum absolute atomic E-state index is 0.656. The Kier molecular flexibility index (Phi) is 4.18. The third kappa shape index (κ3) is 3.28. The Hall–Kier alpha value is -0.480. The summed E-state index contributed by atoms with van der Waals surface area (Å²) in [4.78, 5) is 0. The highest BCUT2D eigenvalue weighted by molar-refractivity contribution is 4.85. The van der Waals surface area contributed by atoms with Crippen LogP contribution in [0, 0.1) is 18.3 Å². The van der Waals surface area contributed by atoms with E-state index in [1.807, 2.05) is 0 Å². The Balaban J connectivity index is 1.96. The van der Waals surface area contributed by atoms with Crippen LogP contribution in [0.5, 0.6) is 0 Å². The third-order valence-corrected chi connectivity index (χ3v) is 2.67. The molecule has 1 heteroatoms. The average molecular weight is 165 g/mol. The van der Waals surface area contributed by atoms with Gasteiger partial charge in [0.05, 0.1) is 0 Å². The molecule has 0 bridgehead atoms. The highest BCUT2D eigenvalue weighted by Crippen LogP contribution is 2.30. The Labute approximate surface area is 75.9 Å². The predicted molar refractivity (Wildman–Crippen MR) is 52.9 cm³/mol. The lowest BCUT2D eigenvalue weighted by molar-refractivity contribution is 0.267. The van der Waals surface area contributed by atoms with Crippen molar-refractivity contribution in [3.8, 4) is 12.3 Å². The van der Waals surface area contributed by atoms with Crippen molar-refractivity contribution in [2.24, 2.45) is 5.92 Å². The van der Waals surface area contributed by atoms with Gasteiger partial charge in [0.1, 0.15) is 0 Å². The van der Waals surface area contributed by atoms with Gasteiger partial charge in [-0.3, -0.25) is 0 Å². The molecule has 1 aliphatic rings. The second kappa shape index (κ2) is 5.22. The molecule has 1 saturated carbocycles. The molecular weight excluding hydrogens is 146 g/mol. The first-order chi connectivity index (χ1) is 5.83. The molecule has 0 aromatic heterocycles. The molecule has 0 heterocycles. The smallest absolute Gasteiger partial charge is 0.0211 e. The van der Waals surface area contributed by atoms with Crippen molar-refractivity contribution < 1.29 is 0 Å². The van der Waals surface area contributed by atoms with E-state index in [2.05, 4.69) is 18.2 Å². The van der Waals surface area contributed by atoms with Crippen LogP contribution in [0.3, 0.4) is 0 Å². The quantitative estimate of drug-likeness (QED) is 0.486. The summed E-state index contributed by atoms with van der Waals surface area (Å²) in [6, 6.07) is 0.656. The first-order valence-electron chi connectivity index (χ1n) is 4.99. The van der Waals surface area contributed by atoms with Gasteiger partial charge in [-0.25, -0.2) is 0 Å². The topological polar surface area (TPSA) is 12.0 Å². The summed E-state index contributed by atoms with van der Waals surface area (Å²) in [6.45, 7) is 3.24. The second-order valence-corrected chi connectivity index (χ2v) is 3.84. The first kappa shape index (κ1) is 9.61. The summed E-state index contributed by atoms with van der Waals surface area (Å²) in [5.41, 5.74) is 0. The highest BCUT2D eigenvalue weighted by atomic mass is 14.9. The van der Waals surface area contributed by atoms with Crippen molar-refractivity contribution in [1.29, 1.82) is 0 Å². The minimum Gasteiger partial charge on any atom is -0.313 e. The van der Waals surface area contributed by atoms with Gasteiger partial charge in [-0.05, 0) is 19.3 Å². The van der Waals surface area contributed by atoms with E-state index in [-0.39, 0.29) is 0 Å². The fourth-order valence-electron chi connectivity index (χ4n) is 1.70. The van der Waals surface area contributed by atoms with Gasteiger partial charge in [0.2, 0.25) is 0 Å². The van der Waals surface area contributed by atoms with Crippen molar-refractivity contribution >= 4 is 0 Å². The van der Waals surface area contributed by atoms with Crippen molar-refractivity contribution in [2.45, 2.75) is 45.1 Å². The number of hydrogen-bond acceptors (Lipinski definition) is 1. The molecule has 68 valence electrons. The molecule has 0 spiro atoms. The van der Waals surface area contributed by atoms with Gasteiger partial charge in [0.25, 0.3) is 0 Å². The Morgan fingerprint density at radius 2 is 2.33 bits per heavy atom. The molecule has 1 N–H and O–H groups in total. The van der Waals surface area contributed by atoms with Crippen LogP contribution in [-0.2, 0) is 0 Å². The summed E-state index contributed by atoms with van der Waals surface area (Å²) < 4.78 is 0. The zero-order valence-electron chi connectivity index (χ0n) is 7.97. The maximum absolute atomic E-state index is 5.16. The molecule has 0 radical (unpaired) electrons. The fraction of sp³-hybridized carbons (Fsp3) is 0.818. The van der Waals surface area contributed by atoms with Crippen LogP contribution in [0.1, 0.15) is 39.0 Å². The van der Waals surface area contributed by atoms with E-state index in [1.54, 1.807) is 0 Å². The average Bonchev–Trinajstić information content (AvgIpc) is 1.98. The maximum Gasteiger partial charge on any atom is 0.0211 e. The number of rotatable bonds is 5. The van der Waals surface area contributed by atoms with Crippen molar-refractivity contribution in [3.63, 3.8) is 0 Å². The maximum atomic E-state index is 5.16. The molecule has 0 aliphatic heterocycles. The molecule has 1 rings (SSSR count). The highest BCUT2D eigenvalue weighted by Gasteiger charge is 2.19. The monoisotopic (exact) mass is 165 g/mol. The van der Waals surface area contributed by atoms with E-state index >= 15 is 0 Å². The summed E-state index contributed by atoms with van der Waals surface area (Å²) in [6.07, 6.45) is 11.7. The van der Waals surface area contributed by atoms with Crippen LogP contribution in [0.2, 0.25) is 0 Å². The lowest BCUT2D eigenvalue weighted by atomic mass is 9.81. The van der Waals surface area contributed by atoms with Crippen molar-refractivity contribution in [1.82, 2.24) is 5.32 Å². The molecule has 0 aromatic carbocycles. The molecule has 1 nitrogen and oxygen atoms in total. The fourth-order valence-corrected chi connectivity index (χ4v) is 1.70. The summed E-state index contributed by atoms with van der Waals surface area (Å²) in [7, 11) is 0. The van der Waals surface area contributed by atoms with E-state index in [1.165, 1.54) is 25.7 Å². The van der Waals surface area contributed by atoms with Crippen LogP contribution in [-0.4, -0.2) is 12.6 Å². The molecule has 1 aliphatic carbocycles. The van der Waals surface area contributed by atoms with Gasteiger partial charge < -0.3 is 5.32 Å². The van der Waals surface area contributed by atoms with Gasteiger partial charge >= 0.3 is 0 Å². The molecule has 0 amide bonds. The summed E-state index contributed by atoms with van der Waals surface area (Å²) in [5.74, 6) is 3.64. The lowest BCUT2D eigenvalue weighted by Crippen LogP contribution is -2.30. The van der Waals surface area contributed by atoms with E-state index in [4.69, 9.17) is 6.42 Å². The van der Waals surface area contributed by atoms with Crippen LogP contribution < -0.4 is 5.32 Å². The largest absolute Gasteiger partial charge is 0.313 e. The lowest BCUT2D eigenvalue weighted by Gasteiger charge is -2.28.